The Balaban J connectivity index is 1.89. The molecule has 114 valence electrons. The Morgan fingerprint density at radius 3 is 2.52 bits per heavy atom. The molecule has 0 radical (unpaired) electrons. The van der Waals surface area contributed by atoms with Crippen LogP contribution in [0.5, 0.6) is 0 Å². The highest BCUT2D eigenvalue weighted by molar-refractivity contribution is 6.32. The van der Waals surface area contributed by atoms with E-state index in [9.17, 15) is 4.79 Å². The molecule has 0 amide bonds. The maximum absolute atomic E-state index is 12.3. The minimum absolute atomic E-state index is 0.190. The fourth-order valence-electron chi connectivity index (χ4n) is 2.22. The van der Waals surface area contributed by atoms with E-state index in [4.69, 9.17) is 11.6 Å². The Hall–Kier alpha value is -2.72. The second kappa shape index (κ2) is 6.58. The topological polar surface area (TPSA) is 47.8 Å². The van der Waals surface area contributed by atoms with Gasteiger partial charge in [0.1, 0.15) is 0 Å². The van der Waals surface area contributed by atoms with Gasteiger partial charge in [0.25, 0.3) is 0 Å². The molecule has 0 saturated heterocycles. The maximum atomic E-state index is 12.3. The van der Waals surface area contributed by atoms with Crippen molar-refractivity contribution >= 4 is 23.5 Å². The lowest BCUT2D eigenvalue weighted by Crippen LogP contribution is -2.02. The average molecular weight is 324 g/mol. The Bertz CT molecular complexity index is 869. The van der Waals surface area contributed by atoms with Crippen molar-refractivity contribution < 1.29 is 4.79 Å². The summed E-state index contributed by atoms with van der Waals surface area (Å²) in [4.78, 5) is 12.3. The van der Waals surface area contributed by atoms with Crippen LogP contribution < -0.4 is 0 Å². The van der Waals surface area contributed by atoms with E-state index in [1.165, 1.54) is 6.08 Å². The zero-order valence-corrected chi connectivity index (χ0v) is 13.2. The number of carbonyl (C=O) groups excluding carboxylic acids is 1. The summed E-state index contributed by atoms with van der Waals surface area (Å²) in [5.41, 5.74) is 2.63. The molecule has 1 heterocycles. The van der Waals surface area contributed by atoms with Crippen molar-refractivity contribution in [2.75, 3.05) is 0 Å². The lowest BCUT2D eigenvalue weighted by atomic mass is 10.1. The summed E-state index contributed by atoms with van der Waals surface area (Å²) in [5, 5.41) is 8.60. The van der Waals surface area contributed by atoms with Crippen LogP contribution in [-0.4, -0.2) is 20.8 Å². The molecule has 23 heavy (non-hydrogen) atoms. The van der Waals surface area contributed by atoms with E-state index < -0.39 is 0 Å². The van der Waals surface area contributed by atoms with Crippen LogP contribution in [0.3, 0.4) is 0 Å². The molecule has 3 aromatic rings. The number of aromatic nitrogens is 3. The number of ketones is 1. The van der Waals surface area contributed by atoms with E-state index >= 15 is 0 Å². The van der Waals surface area contributed by atoms with Gasteiger partial charge in [-0.1, -0.05) is 65.4 Å². The molecule has 0 aliphatic rings. The second-order valence-corrected chi connectivity index (χ2v) is 5.40. The van der Waals surface area contributed by atoms with E-state index in [1.54, 1.807) is 23.7 Å². The number of halogens is 1. The monoisotopic (exact) mass is 323 g/mol. The molecule has 0 aliphatic heterocycles. The second-order valence-electron chi connectivity index (χ2n) is 4.99. The summed E-state index contributed by atoms with van der Waals surface area (Å²) >= 11 is 6.17. The first kappa shape index (κ1) is 15.2. The van der Waals surface area contributed by atoms with Gasteiger partial charge < -0.3 is 0 Å². The minimum Gasteiger partial charge on any atom is -0.287 e. The molecule has 0 bridgehead atoms. The van der Waals surface area contributed by atoms with Gasteiger partial charge in [-0.2, -0.15) is 0 Å². The zero-order valence-electron chi connectivity index (χ0n) is 12.5. The van der Waals surface area contributed by atoms with E-state index in [0.717, 1.165) is 5.56 Å². The van der Waals surface area contributed by atoms with Gasteiger partial charge in [-0.15, -0.1) is 5.10 Å². The van der Waals surface area contributed by atoms with E-state index in [-0.39, 0.29) is 5.78 Å². The molecule has 0 unspecified atom stereocenters. The fraction of sp³-hybridized carbons (Fsp3) is 0.0556. The predicted molar refractivity (Wildman–Crippen MR) is 90.9 cm³/mol. The molecule has 4 nitrogen and oxygen atoms in total. The first-order valence-electron chi connectivity index (χ1n) is 7.11. The summed E-state index contributed by atoms with van der Waals surface area (Å²) in [5.74, 6) is -0.190. The van der Waals surface area contributed by atoms with Gasteiger partial charge >= 0.3 is 0 Å². The van der Waals surface area contributed by atoms with E-state index in [2.05, 4.69) is 10.3 Å². The standard InChI is InChI=1S/C18H14ClN3O/c1-13-18(17(23)12-11-14-7-3-2-4-8-14)20-21-22(13)16-10-6-5-9-15(16)19/h2-12H,1H3/b12-11+. The molecule has 1 aromatic heterocycles. The Labute approximate surface area is 139 Å². The highest BCUT2D eigenvalue weighted by Crippen LogP contribution is 2.21. The van der Waals surface area contributed by atoms with Crippen molar-refractivity contribution in [1.29, 1.82) is 0 Å². The molecule has 0 N–H and O–H groups in total. The van der Waals surface area contributed by atoms with Crippen LogP contribution in [0.4, 0.5) is 0 Å². The average Bonchev–Trinajstić information content (AvgIpc) is 2.95. The fourth-order valence-corrected chi connectivity index (χ4v) is 2.44. The van der Waals surface area contributed by atoms with Gasteiger partial charge in [0, 0.05) is 0 Å². The summed E-state index contributed by atoms with van der Waals surface area (Å²) in [7, 11) is 0. The minimum atomic E-state index is -0.190. The van der Waals surface area contributed by atoms with Gasteiger partial charge in [-0.05, 0) is 30.7 Å². The van der Waals surface area contributed by atoms with Gasteiger partial charge in [-0.3, -0.25) is 4.79 Å². The number of rotatable bonds is 4. The molecule has 0 atom stereocenters. The highest BCUT2D eigenvalue weighted by atomic mass is 35.5. The number of nitrogens with zero attached hydrogens (tertiary/aromatic N) is 3. The van der Waals surface area contributed by atoms with Crippen LogP contribution >= 0.6 is 11.6 Å². The molecule has 3 rings (SSSR count). The molecule has 2 aromatic carbocycles. The largest absolute Gasteiger partial charge is 0.287 e. The van der Waals surface area contributed by atoms with Crippen molar-refractivity contribution in [3.05, 3.63) is 82.6 Å². The Morgan fingerprint density at radius 1 is 1.09 bits per heavy atom. The normalized spacial score (nSPS) is 11.0. The molecular formula is C18H14ClN3O. The van der Waals surface area contributed by atoms with Crippen molar-refractivity contribution in [1.82, 2.24) is 15.0 Å². The summed E-state index contributed by atoms with van der Waals surface area (Å²) in [6.45, 7) is 1.80. The predicted octanol–water partition coefficient (Wildman–Crippen LogP) is 4.13. The molecular weight excluding hydrogens is 310 g/mol. The van der Waals surface area contributed by atoms with Crippen LogP contribution in [-0.2, 0) is 0 Å². The third-order valence-corrected chi connectivity index (χ3v) is 3.75. The van der Waals surface area contributed by atoms with Crippen LogP contribution in [0.1, 0.15) is 21.7 Å². The quantitative estimate of drug-likeness (QED) is 0.536. The third kappa shape index (κ3) is 3.22. The van der Waals surface area contributed by atoms with E-state index in [1.807, 2.05) is 48.5 Å². The number of benzene rings is 2. The van der Waals surface area contributed by atoms with Crippen molar-refractivity contribution in [2.24, 2.45) is 0 Å². The lowest BCUT2D eigenvalue weighted by Gasteiger charge is -2.04. The third-order valence-electron chi connectivity index (χ3n) is 3.44. The molecule has 5 heteroatoms. The Kier molecular flexibility index (Phi) is 4.35. The van der Waals surface area contributed by atoms with Gasteiger partial charge in [0.2, 0.25) is 5.78 Å². The summed E-state index contributed by atoms with van der Waals surface area (Å²) < 4.78 is 1.58. The first-order valence-corrected chi connectivity index (χ1v) is 7.49. The SMILES string of the molecule is Cc1c(C(=O)/C=C/c2ccccc2)nnn1-c1ccccc1Cl. The number of allylic oxidation sites excluding steroid dienone is 1. The summed E-state index contributed by atoms with van der Waals surface area (Å²) in [6, 6.07) is 16.9. The van der Waals surface area contributed by atoms with Crippen LogP contribution in [0, 0.1) is 6.92 Å². The molecule has 0 spiro atoms. The van der Waals surface area contributed by atoms with Crippen molar-refractivity contribution in [3.8, 4) is 5.69 Å². The lowest BCUT2D eigenvalue weighted by molar-refractivity contribution is 0.104. The number of hydrogen-bond donors (Lipinski definition) is 0. The van der Waals surface area contributed by atoms with Gasteiger partial charge in [-0.25, -0.2) is 4.68 Å². The van der Waals surface area contributed by atoms with Gasteiger partial charge in [0.05, 0.1) is 16.4 Å². The highest BCUT2D eigenvalue weighted by Gasteiger charge is 2.16. The zero-order chi connectivity index (χ0) is 16.2. The number of carbonyl (C=O) groups is 1. The number of para-hydroxylation sites is 1. The van der Waals surface area contributed by atoms with Crippen LogP contribution in [0.15, 0.2) is 60.7 Å². The van der Waals surface area contributed by atoms with Crippen molar-refractivity contribution in [3.63, 3.8) is 0 Å². The number of hydrogen-bond acceptors (Lipinski definition) is 3. The molecule has 0 saturated carbocycles. The Morgan fingerprint density at radius 2 is 1.78 bits per heavy atom. The van der Waals surface area contributed by atoms with Crippen molar-refractivity contribution in [2.45, 2.75) is 6.92 Å². The first-order chi connectivity index (χ1) is 11.2. The van der Waals surface area contributed by atoms with Crippen LogP contribution in [0.25, 0.3) is 11.8 Å². The van der Waals surface area contributed by atoms with E-state index in [0.29, 0.717) is 22.1 Å². The van der Waals surface area contributed by atoms with Gasteiger partial charge in [0.15, 0.2) is 5.69 Å². The molecule has 0 aliphatic carbocycles. The molecule has 0 fully saturated rings. The maximum Gasteiger partial charge on any atom is 0.208 e. The summed E-state index contributed by atoms with van der Waals surface area (Å²) in [6.07, 6.45) is 3.26. The van der Waals surface area contributed by atoms with Crippen LogP contribution in [0.2, 0.25) is 5.02 Å². The smallest absolute Gasteiger partial charge is 0.208 e.